The molecule has 1 aromatic rings. The van der Waals surface area contributed by atoms with Gasteiger partial charge in [-0.3, -0.25) is 0 Å². The van der Waals surface area contributed by atoms with Gasteiger partial charge in [0.1, 0.15) is 6.61 Å². The first-order valence-corrected chi connectivity index (χ1v) is 11.5. The SMILES string of the molecule is C[C@]1(/C=C/OCc2ccccc2)CCCC2=C1[C@H](O)C[C@@]1(C)[C@H]2CCC12OCCO2. The van der Waals surface area contributed by atoms with Crippen molar-refractivity contribution < 1.29 is 19.3 Å². The van der Waals surface area contributed by atoms with Gasteiger partial charge in [0.15, 0.2) is 5.79 Å². The summed E-state index contributed by atoms with van der Waals surface area (Å²) in [5, 5.41) is 11.4. The summed E-state index contributed by atoms with van der Waals surface area (Å²) in [5.74, 6) is -0.0631. The minimum absolute atomic E-state index is 0.145. The summed E-state index contributed by atoms with van der Waals surface area (Å²) in [6.45, 7) is 6.46. The Morgan fingerprint density at radius 3 is 2.67 bits per heavy atom. The monoisotopic (exact) mass is 410 g/mol. The number of aliphatic hydroxyl groups is 1. The van der Waals surface area contributed by atoms with Gasteiger partial charge in [-0.1, -0.05) is 49.8 Å². The molecule has 0 radical (unpaired) electrons. The molecule has 0 aromatic heterocycles. The van der Waals surface area contributed by atoms with E-state index in [1.165, 1.54) is 11.1 Å². The van der Waals surface area contributed by atoms with Gasteiger partial charge in [0, 0.05) is 17.3 Å². The molecule has 2 fully saturated rings. The van der Waals surface area contributed by atoms with Gasteiger partial charge in [0.05, 0.1) is 25.6 Å². The van der Waals surface area contributed by atoms with Crippen LogP contribution < -0.4 is 0 Å². The molecule has 30 heavy (non-hydrogen) atoms. The third-order valence-corrected chi connectivity index (χ3v) is 8.25. The van der Waals surface area contributed by atoms with E-state index in [-0.39, 0.29) is 10.8 Å². The first-order valence-electron chi connectivity index (χ1n) is 11.5. The predicted octanol–water partition coefficient (Wildman–Crippen LogP) is 5.13. The lowest BCUT2D eigenvalue weighted by Gasteiger charge is -2.52. The van der Waals surface area contributed by atoms with Crippen molar-refractivity contribution in [2.24, 2.45) is 16.7 Å². The lowest BCUT2D eigenvalue weighted by molar-refractivity contribution is -0.231. The molecule has 1 spiro atoms. The summed E-state index contributed by atoms with van der Waals surface area (Å²) in [7, 11) is 0. The standard InChI is InChI=1S/C26H34O4/c1-24(13-14-28-18-19-7-4-3-5-8-19)11-6-9-20-21-10-12-26(29-15-16-30-26)25(21,2)17-22(27)23(20)24/h3-5,7-8,13-14,21-22,27H,6,9-12,15-18H2,1-2H3/b14-13+/t21-,22+,24+,25-/m0/s1. The Hall–Kier alpha value is -1.62. The second kappa shape index (κ2) is 7.51. The van der Waals surface area contributed by atoms with E-state index in [9.17, 15) is 5.11 Å². The zero-order valence-corrected chi connectivity index (χ0v) is 18.2. The van der Waals surface area contributed by atoms with Crippen molar-refractivity contribution in [2.75, 3.05) is 13.2 Å². The quantitative estimate of drug-likeness (QED) is 0.552. The molecule has 0 amide bonds. The van der Waals surface area contributed by atoms with E-state index in [4.69, 9.17) is 14.2 Å². The number of benzene rings is 1. The molecule has 4 nitrogen and oxygen atoms in total. The van der Waals surface area contributed by atoms with Crippen LogP contribution in [0.1, 0.15) is 57.9 Å². The van der Waals surface area contributed by atoms with Gasteiger partial charge in [-0.05, 0) is 55.2 Å². The van der Waals surface area contributed by atoms with E-state index in [0.717, 1.165) is 37.7 Å². The fraction of sp³-hybridized carbons (Fsp3) is 0.615. The van der Waals surface area contributed by atoms with Crippen molar-refractivity contribution >= 4 is 0 Å². The molecule has 4 heteroatoms. The average Bonchev–Trinajstić information content (AvgIpc) is 3.32. The number of aliphatic hydroxyl groups excluding tert-OH is 1. The van der Waals surface area contributed by atoms with Crippen LogP contribution in [0.3, 0.4) is 0 Å². The lowest BCUT2D eigenvalue weighted by Crippen LogP contribution is -2.52. The Kier molecular flexibility index (Phi) is 5.08. The highest BCUT2D eigenvalue weighted by Gasteiger charge is 2.65. The summed E-state index contributed by atoms with van der Waals surface area (Å²) < 4.78 is 18.2. The normalized spacial score (nSPS) is 37.6. The Labute approximate surface area is 179 Å². The minimum Gasteiger partial charge on any atom is -0.497 e. The van der Waals surface area contributed by atoms with Crippen LogP contribution in [-0.2, 0) is 20.8 Å². The maximum absolute atomic E-state index is 11.4. The number of allylic oxidation sites excluding steroid dienone is 2. The number of fused-ring (bicyclic) bond motifs is 3. The van der Waals surface area contributed by atoms with Gasteiger partial charge >= 0.3 is 0 Å². The van der Waals surface area contributed by atoms with Crippen LogP contribution in [0.4, 0.5) is 0 Å². The van der Waals surface area contributed by atoms with Crippen LogP contribution in [0, 0.1) is 16.7 Å². The van der Waals surface area contributed by atoms with Crippen molar-refractivity contribution in [2.45, 2.75) is 70.9 Å². The molecule has 0 bridgehead atoms. The van der Waals surface area contributed by atoms with Gasteiger partial charge in [0.2, 0.25) is 0 Å². The number of hydrogen-bond acceptors (Lipinski definition) is 4. The molecule has 5 rings (SSSR count). The van der Waals surface area contributed by atoms with E-state index in [1.807, 2.05) is 24.5 Å². The van der Waals surface area contributed by atoms with Crippen LogP contribution in [0.15, 0.2) is 53.8 Å². The van der Waals surface area contributed by atoms with E-state index >= 15 is 0 Å². The van der Waals surface area contributed by atoms with Gasteiger partial charge in [-0.15, -0.1) is 0 Å². The van der Waals surface area contributed by atoms with E-state index in [0.29, 0.717) is 32.2 Å². The van der Waals surface area contributed by atoms with Gasteiger partial charge in [-0.2, -0.15) is 0 Å². The van der Waals surface area contributed by atoms with Crippen LogP contribution >= 0.6 is 0 Å². The molecular weight excluding hydrogens is 376 g/mol. The third kappa shape index (κ3) is 3.07. The van der Waals surface area contributed by atoms with Crippen LogP contribution in [0.2, 0.25) is 0 Å². The fourth-order valence-electron chi connectivity index (χ4n) is 6.82. The van der Waals surface area contributed by atoms with Gasteiger partial charge in [-0.25, -0.2) is 0 Å². The largest absolute Gasteiger partial charge is 0.497 e. The average molecular weight is 411 g/mol. The molecule has 1 N–H and O–H groups in total. The Bertz CT molecular complexity index is 838. The zero-order valence-electron chi connectivity index (χ0n) is 18.2. The second-order valence-electron chi connectivity index (χ2n) is 9.99. The highest BCUT2D eigenvalue weighted by atomic mass is 16.7. The summed E-state index contributed by atoms with van der Waals surface area (Å²) in [6, 6.07) is 10.2. The van der Waals surface area contributed by atoms with Gasteiger partial charge in [0.25, 0.3) is 0 Å². The molecule has 4 aliphatic rings. The minimum atomic E-state index is -0.500. The first kappa shape index (κ1) is 20.3. The molecule has 1 saturated carbocycles. The molecule has 4 atom stereocenters. The first-order chi connectivity index (χ1) is 14.5. The number of ether oxygens (including phenoxy) is 3. The molecule has 1 aromatic carbocycles. The predicted molar refractivity (Wildman–Crippen MR) is 115 cm³/mol. The Morgan fingerprint density at radius 2 is 1.90 bits per heavy atom. The van der Waals surface area contributed by atoms with Crippen molar-refractivity contribution in [1.82, 2.24) is 0 Å². The molecule has 1 saturated heterocycles. The summed E-state index contributed by atoms with van der Waals surface area (Å²) >= 11 is 0. The lowest BCUT2D eigenvalue weighted by atomic mass is 9.56. The summed E-state index contributed by atoms with van der Waals surface area (Å²) in [5.41, 5.74) is 3.57. The number of rotatable bonds is 4. The maximum Gasteiger partial charge on any atom is 0.174 e. The second-order valence-corrected chi connectivity index (χ2v) is 9.99. The van der Waals surface area contributed by atoms with Crippen molar-refractivity contribution in [1.29, 1.82) is 0 Å². The van der Waals surface area contributed by atoms with Crippen LogP contribution in [0.5, 0.6) is 0 Å². The molecule has 3 aliphatic carbocycles. The molecule has 162 valence electrons. The maximum atomic E-state index is 11.4. The van der Waals surface area contributed by atoms with E-state index < -0.39 is 11.9 Å². The third-order valence-electron chi connectivity index (χ3n) is 8.25. The molecule has 1 heterocycles. The van der Waals surface area contributed by atoms with Gasteiger partial charge < -0.3 is 19.3 Å². The summed E-state index contributed by atoms with van der Waals surface area (Å²) in [6.07, 6.45) is 9.60. The number of hydrogen-bond donors (Lipinski definition) is 1. The zero-order chi connectivity index (χ0) is 20.8. The van der Waals surface area contributed by atoms with Crippen LogP contribution in [0.25, 0.3) is 0 Å². The van der Waals surface area contributed by atoms with E-state index in [2.05, 4.69) is 32.1 Å². The van der Waals surface area contributed by atoms with Crippen LogP contribution in [-0.4, -0.2) is 30.2 Å². The Morgan fingerprint density at radius 1 is 1.13 bits per heavy atom. The summed E-state index contributed by atoms with van der Waals surface area (Å²) in [4.78, 5) is 0. The van der Waals surface area contributed by atoms with E-state index in [1.54, 1.807) is 0 Å². The highest BCUT2D eigenvalue weighted by Crippen LogP contribution is 2.65. The fourth-order valence-corrected chi connectivity index (χ4v) is 6.82. The topological polar surface area (TPSA) is 47.9 Å². The van der Waals surface area contributed by atoms with Crippen molar-refractivity contribution in [3.8, 4) is 0 Å². The Balaban J connectivity index is 1.40. The van der Waals surface area contributed by atoms with Crippen molar-refractivity contribution in [3.05, 3.63) is 59.4 Å². The molecule has 0 unspecified atom stereocenters. The highest BCUT2D eigenvalue weighted by molar-refractivity contribution is 5.39. The van der Waals surface area contributed by atoms with Crippen molar-refractivity contribution in [3.63, 3.8) is 0 Å². The smallest absolute Gasteiger partial charge is 0.174 e. The molecule has 1 aliphatic heterocycles. The molecular formula is C26H34O4.